The maximum absolute atomic E-state index is 12.1. The monoisotopic (exact) mass is 332 g/mol. The highest BCUT2D eigenvalue weighted by Gasteiger charge is 2.16. The molecular weight excluding hydrogens is 300 g/mol. The molecule has 0 aliphatic carbocycles. The Kier molecular flexibility index (Phi) is 7.75. The van der Waals surface area contributed by atoms with E-state index in [1.54, 1.807) is 0 Å². The van der Waals surface area contributed by atoms with Crippen molar-refractivity contribution < 1.29 is 4.79 Å². The number of carbonyl (C=O) groups is 1. The Balaban J connectivity index is 2.60. The molecule has 0 radical (unpaired) electrons. The molecular formula is C19H32N4O. The Morgan fingerprint density at radius 1 is 1.21 bits per heavy atom. The van der Waals surface area contributed by atoms with Gasteiger partial charge in [0.25, 0.3) is 0 Å². The van der Waals surface area contributed by atoms with E-state index in [0.29, 0.717) is 6.54 Å². The van der Waals surface area contributed by atoms with Crippen molar-refractivity contribution in [3.63, 3.8) is 0 Å². The van der Waals surface area contributed by atoms with Crippen LogP contribution >= 0.6 is 0 Å². The summed E-state index contributed by atoms with van der Waals surface area (Å²) in [6, 6.07) is 8.51. The predicted octanol–water partition coefficient (Wildman–Crippen LogP) is 2.35. The predicted molar refractivity (Wildman–Crippen MR) is 101 cm³/mol. The molecule has 134 valence electrons. The number of hydrogen-bond acceptors (Lipinski definition) is 2. The van der Waals surface area contributed by atoms with Gasteiger partial charge in [-0.2, -0.15) is 0 Å². The first-order chi connectivity index (χ1) is 11.2. The van der Waals surface area contributed by atoms with E-state index in [-0.39, 0.29) is 18.0 Å². The van der Waals surface area contributed by atoms with Crippen LogP contribution < -0.4 is 10.6 Å². The van der Waals surface area contributed by atoms with Gasteiger partial charge in [-0.1, -0.05) is 29.8 Å². The van der Waals surface area contributed by atoms with Crippen molar-refractivity contribution >= 4 is 11.9 Å². The Morgan fingerprint density at radius 2 is 1.83 bits per heavy atom. The van der Waals surface area contributed by atoms with Crippen LogP contribution in [0.2, 0.25) is 0 Å². The number of amides is 1. The Morgan fingerprint density at radius 3 is 2.38 bits per heavy atom. The second-order valence-corrected chi connectivity index (χ2v) is 7.13. The molecule has 0 aliphatic heterocycles. The lowest BCUT2D eigenvalue weighted by Gasteiger charge is -2.25. The van der Waals surface area contributed by atoms with E-state index in [9.17, 15) is 4.79 Å². The zero-order valence-corrected chi connectivity index (χ0v) is 15.9. The second-order valence-electron chi connectivity index (χ2n) is 7.13. The summed E-state index contributed by atoms with van der Waals surface area (Å²) in [5, 5.41) is 6.21. The third-order valence-corrected chi connectivity index (χ3v) is 3.37. The van der Waals surface area contributed by atoms with Gasteiger partial charge in [0.2, 0.25) is 5.91 Å². The van der Waals surface area contributed by atoms with Crippen molar-refractivity contribution in [3.05, 3.63) is 35.4 Å². The maximum atomic E-state index is 12.1. The molecule has 5 heteroatoms. The standard InChI is InChI=1S/C19H32N4O/c1-7-20-18(23(6)14-17(24)22-19(3,4)5)21-13-12-16-10-8-15(2)9-11-16/h8-11H,7,12-14H2,1-6H3,(H,20,21)(H,22,24). The average Bonchev–Trinajstić information content (AvgIpc) is 2.46. The molecule has 2 N–H and O–H groups in total. The van der Waals surface area contributed by atoms with Gasteiger partial charge in [0, 0.05) is 25.7 Å². The van der Waals surface area contributed by atoms with Crippen molar-refractivity contribution in [2.75, 3.05) is 26.7 Å². The molecule has 5 nitrogen and oxygen atoms in total. The third-order valence-electron chi connectivity index (χ3n) is 3.37. The first-order valence-electron chi connectivity index (χ1n) is 8.57. The summed E-state index contributed by atoms with van der Waals surface area (Å²) in [4.78, 5) is 18.6. The molecule has 0 saturated heterocycles. The maximum Gasteiger partial charge on any atom is 0.240 e. The smallest absolute Gasteiger partial charge is 0.240 e. The van der Waals surface area contributed by atoms with Crippen molar-refractivity contribution in [2.24, 2.45) is 4.99 Å². The van der Waals surface area contributed by atoms with E-state index in [1.807, 2.05) is 39.6 Å². The molecule has 24 heavy (non-hydrogen) atoms. The van der Waals surface area contributed by atoms with Crippen molar-refractivity contribution in [3.8, 4) is 0 Å². The molecule has 0 unspecified atom stereocenters. The molecule has 0 bridgehead atoms. The van der Waals surface area contributed by atoms with E-state index in [1.165, 1.54) is 11.1 Å². The van der Waals surface area contributed by atoms with Gasteiger partial charge in [-0.15, -0.1) is 0 Å². The van der Waals surface area contributed by atoms with Gasteiger partial charge in [0.15, 0.2) is 5.96 Å². The van der Waals surface area contributed by atoms with Gasteiger partial charge in [-0.25, -0.2) is 0 Å². The summed E-state index contributed by atoms with van der Waals surface area (Å²) in [5.41, 5.74) is 2.31. The van der Waals surface area contributed by atoms with E-state index in [0.717, 1.165) is 18.9 Å². The van der Waals surface area contributed by atoms with Gasteiger partial charge in [-0.3, -0.25) is 9.79 Å². The van der Waals surface area contributed by atoms with Gasteiger partial charge in [-0.05, 0) is 46.6 Å². The SMILES string of the molecule is CCNC(=NCCc1ccc(C)cc1)N(C)CC(=O)NC(C)(C)C. The second kappa shape index (κ2) is 9.30. The van der Waals surface area contributed by atoms with Crippen molar-refractivity contribution in [1.29, 1.82) is 0 Å². The number of guanidine groups is 1. The summed E-state index contributed by atoms with van der Waals surface area (Å²) < 4.78 is 0. The number of benzene rings is 1. The zero-order chi connectivity index (χ0) is 18.2. The van der Waals surface area contributed by atoms with Crippen LogP contribution in [-0.4, -0.2) is 49.0 Å². The van der Waals surface area contributed by atoms with E-state index in [4.69, 9.17) is 0 Å². The first kappa shape index (κ1) is 20.0. The van der Waals surface area contributed by atoms with Gasteiger partial charge < -0.3 is 15.5 Å². The highest BCUT2D eigenvalue weighted by Crippen LogP contribution is 2.04. The molecule has 1 aromatic rings. The highest BCUT2D eigenvalue weighted by molar-refractivity contribution is 5.86. The van der Waals surface area contributed by atoms with Gasteiger partial charge in [0.05, 0.1) is 6.54 Å². The number of nitrogens with zero attached hydrogens (tertiary/aromatic N) is 2. The number of likely N-dealkylation sites (N-methyl/N-ethyl adjacent to an activating group) is 1. The van der Waals surface area contributed by atoms with Gasteiger partial charge in [0.1, 0.15) is 0 Å². The number of hydrogen-bond donors (Lipinski definition) is 2. The van der Waals surface area contributed by atoms with Crippen LogP contribution in [-0.2, 0) is 11.2 Å². The summed E-state index contributed by atoms with van der Waals surface area (Å²) in [7, 11) is 1.88. The quantitative estimate of drug-likeness (QED) is 0.621. The molecule has 0 heterocycles. The minimum absolute atomic E-state index is 0.00543. The Hall–Kier alpha value is -2.04. The van der Waals surface area contributed by atoms with Crippen LogP contribution in [0, 0.1) is 6.92 Å². The number of carbonyl (C=O) groups excluding carboxylic acids is 1. The summed E-state index contributed by atoms with van der Waals surface area (Å²) in [5.74, 6) is 0.753. The van der Waals surface area contributed by atoms with Crippen LogP contribution in [0.5, 0.6) is 0 Å². The van der Waals surface area contributed by atoms with Crippen LogP contribution in [0.15, 0.2) is 29.3 Å². The third kappa shape index (κ3) is 7.99. The molecule has 1 rings (SSSR count). The minimum Gasteiger partial charge on any atom is -0.357 e. The molecule has 0 atom stereocenters. The fraction of sp³-hybridized carbons (Fsp3) is 0.579. The van der Waals surface area contributed by atoms with Crippen LogP contribution in [0.25, 0.3) is 0 Å². The zero-order valence-electron chi connectivity index (χ0n) is 15.9. The Bertz CT molecular complexity index is 543. The molecule has 1 aromatic carbocycles. The topological polar surface area (TPSA) is 56.7 Å². The highest BCUT2D eigenvalue weighted by atomic mass is 16.2. The van der Waals surface area contributed by atoms with Crippen molar-refractivity contribution in [1.82, 2.24) is 15.5 Å². The fourth-order valence-corrected chi connectivity index (χ4v) is 2.26. The van der Waals surface area contributed by atoms with Crippen LogP contribution in [0.3, 0.4) is 0 Å². The minimum atomic E-state index is -0.223. The van der Waals surface area contributed by atoms with E-state index < -0.39 is 0 Å². The van der Waals surface area contributed by atoms with Crippen LogP contribution in [0.1, 0.15) is 38.8 Å². The lowest BCUT2D eigenvalue weighted by atomic mass is 10.1. The largest absolute Gasteiger partial charge is 0.357 e. The molecule has 0 fully saturated rings. The summed E-state index contributed by atoms with van der Waals surface area (Å²) in [6.45, 7) is 11.8. The normalized spacial score (nSPS) is 12.0. The molecule has 0 spiro atoms. The fourth-order valence-electron chi connectivity index (χ4n) is 2.26. The lowest BCUT2D eigenvalue weighted by Crippen LogP contribution is -2.48. The molecule has 0 aromatic heterocycles. The average molecular weight is 332 g/mol. The van der Waals surface area contributed by atoms with Crippen LogP contribution in [0.4, 0.5) is 0 Å². The number of aliphatic imine (C=N–C) groups is 1. The van der Waals surface area contributed by atoms with E-state index >= 15 is 0 Å². The summed E-state index contributed by atoms with van der Waals surface area (Å²) in [6.07, 6.45) is 0.886. The number of rotatable bonds is 6. The Labute approximate surface area is 146 Å². The first-order valence-corrected chi connectivity index (χ1v) is 8.57. The lowest BCUT2D eigenvalue weighted by molar-refractivity contribution is -0.122. The number of aryl methyl sites for hydroxylation is 1. The molecule has 0 aliphatic rings. The van der Waals surface area contributed by atoms with E-state index in [2.05, 4.69) is 46.8 Å². The number of nitrogens with one attached hydrogen (secondary N) is 2. The van der Waals surface area contributed by atoms with Crippen molar-refractivity contribution in [2.45, 2.75) is 46.6 Å². The van der Waals surface area contributed by atoms with Gasteiger partial charge >= 0.3 is 0 Å². The molecule has 0 saturated carbocycles. The summed E-state index contributed by atoms with van der Waals surface area (Å²) >= 11 is 0. The molecule has 1 amide bonds.